The van der Waals surface area contributed by atoms with E-state index >= 15 is 0 Å². The van der Waals surface area contributed by atoms with Crippen molar-refractivity contribution in [3.63, 3.8) is 0 Å². The number of rotatable bonds is 0. The van der Waals surface area contributed by atoms with Gasteiger partial charge in [-0.3, -0.25) is 0 Å². The van der Waals surface area contributed by atoms with Crippen molar-refractivity contribution in [3.8, 4) is 0 Å². The third-order valence-corrected chi connectivity index (χ3v) is 1.08. The maximum Gasteiger partial charge on any atom is 1.00 e. The summed E-state index contributed by atoms with van der Waals surface area (Å²) in [5.74, 6) is 1.41. The molecule has 0 bridgehead atoms. The average Bonchev–Trinajstić information content (AvgIpc) is 1.69. The van der Waals surface area contributed by atoms with Crippen molar-refractivity contribution in [1.82, 2.24) is 0 Å². The minimum atomic E-state index is -0.244. The van der Waals surface area contributed by atoms with Crippen molar-refractivity contribution in [2.75, 3.05) is 6.79 Å². The molecule has 0 aromatic heterocycles. The average molecular weight is 142 g/mol. The fourth-order valence-electron chi connectivity index (χ4n) is 0.232. The van der Waals surface area contributed by atoms with E-state index in [4.69, 9.17) is 0 Å². The molecule has 3 nitrogen and oxygen atoms in total. The number of carbonyl (C=O) groups is 1. The molecule has 0 fully saturated rings. The fourth-order valence-corrected chi connectivity index (χ4v) is 0.581. The second-order valence-corrected chi connectivity index (χ2v) is 1.76. The summed E-state index contributed by atoms with van der Waals surface area (Å²) in [4.78, 5) is 10.1. The van der Waals surface area contributed by atoms with Gasteiger partial charge in [0, 0.05) is 8.20 Å². The molecular weight excluding hydrogens is 138 g/mol. The first-order chi connectivity index (χ1) is 3.39. The Morgan fingerprint density at radius 3 is 2.88 bits per heavy atom. The largest absolute Gasteiger partial charge is 1.00 e. The maximum absolute atomic E-state index is 10.1. The van der Waals surface area contributed by atoms with E-state index in [0.717, 1.165) is 0 Å². The normalized spacial score (nSPS) is 18.8. The topological polar surface area (TPSA) is 35.5 Å². The Balaban J connectivity index is 0. The molecule has 0 amide bonds. The van der Waals surface area contributed by atoms with Crippen LogP contribution in [0.3, 0.4) is 0 Å². The Labute approximate surface area is 71.9 Å². The fraction of sp³-hybridized carbons (Fsp3) is 0.333. The molecule has 5 heteroatoms. The molecule has 0 N–H and O–H groups in total. The summed E-state index contributed by atoms with van der Waals surface area (Å²) in [6.45, 7) is 0.0752. The molecule has 0 spiro atoms. The quantitative estimate of drug-likeness (QED) is 0.288. The molecule has 0 aliphatic carbocycles. The second-order valence-electron chi connectivity index (χ2n) is 0.929. The first-order valence-corrected chi connectivity index (χ1v) is 2.67. The van der Waals surface area contributed by atoms with Crippen LogP contribution in [-0.2, 0) is 9.47 Å². The summed E-state index contributed by atoms with van der Waals surface area (Å²) < 4.78 is 8.93. The van der Waals surface area contributed by atoms with E-state index in [1.807, 2.05) is 0 Å². The van der Waals surface area contributed by atoms with E-state index in [2.05, 4.69) is 9.47 Å². The minimum absolute atomic E-state index is 0. The molecule has 1 heterocycles. The van der Waals surface area contributed by atoms with E-state index in [1.54, 1.807) is 0 Å². The van der Waals surface area contributed by atoms with Gasteiger partial charge in [-0.1, -0.05) is 0 Å². The Morgan fingerprint density at radius 2 is 2.62 bits per heavy atom. The molecule has 0 saturated carbocycles. The first-order valence-electron chi connectivity index (χ1n) is 1.70. The van der Waals surface area contributed by atoms with Gasteiger partial charge < -0.3 is 10.9 Å². The Morgan fingerprint density at radius 1 is 1.88 bits per heavy atom. The van der Waals surface area contributed by atoms with Gasteiger partial charge >= 0.3 is 35.3 Å². The smallest absolute Gasteiger partial charge is 1.00 e. The van der Waals surface area contributed by atoms with Crippen LogP contribution in [-0.4, -0.2) is 18.5 Å². The molecule has 0 aromatic rings. The van der Waals surface area contributed by atoms with Crippen LogP contribution in [0, 0.1) is 0 Å². The van der Waals surface area contributed by atoms with Crippen molar-refractivity contribution in [3.05, 3.63) is 0 Å². The molecule has 1 rings (SSSR count). The molecule has 8 heavy (non-hydrogen) atoms. The van der Waals surface area contributed by atoms with Crippen molar-refractivity contribution in [2.45, 2.75) is 0 Å². The molecule has 0 atom stereocenters. The Hall–Kier alpha value is 0.600. The van der Waals surface area contributed by atoms with Crippen LogP contribution in [0.4, 0.5) is 4.79 Å². The van der Waals surface area contributed by atoms with E-state index in [-0.39, 0.29) is 43.5 Å². The SMILES string of the molecule is O=C1OCOC=P1.[H-].[Na+]. The summed E-state index contributed by atoms with van der Waals surface area (Å²) >= 11 is 0. The molecular formula is C3H4NaO3P. The zero-order valence-corrected chi connectivity index (χ0v) is 7.35. The minimum Gasteiger partial charge on any atom is -1.00 e. The monoisotopic (exact) mass is 142 g/mol. The summed E-state index contributed by atoms with van der Waals surface area (Å²) in [7, 11) is 0.488. The van der Waals surface area contributed by atoms with Gasteiger partial charge in [0.15, 0.2) is 6.79 Å². The van der Waals surface area contributed by atoms with Crippen LogP contribution in [0.25, 0.3) is 0 Å². The third-order valence-electron chi connectivity index (χ3n) is 0.483. The van der Waals surface area contributed by atoms with Gasteiger partial charge in [-0.05, 0) is 0 Å². The summed E-state index contributed by atoms with van der Waals surface area (Å²) in [5, 5.41) is 0. The summed E-state index contributed by atoms with van der Waals surface area (Å²) in [6, 6.07) is 0. The molecule has 0 saturated heterocycles. The standard InChI is InChI=1S/C3H3O3P.Na.H/c4-3-6-1-5-2-7-3;;/h2H,1H2;;/q;+1;-1. The van der Waals surface area contributed by atoms with Gasteiger partial charge in [-0.15, -0.1) is 0 Å². The molecule has 0 aromatic carbocycles. The molecule has 0 radical (unpaired) electrons. The zero-order chi connectivity index (χ0) is 5.11. The van der Waals surface area contributed by atoms with E-state index < -0.39 is 0 Å². The van der Waals surface area contributed by atoms with Crippen molar-refractivity contribution in [2.24, 2.45) is 0 Å². The van der Waals surface area contributed by atoms with E-state index in [0.29, 0.717) is 8.20 Å². The molecule has 1 aliphatic rings. The van der Waals surface area contributed by atoms with Gasteiger partial charge in [-0.2, -0.15) is 0 Å². The van der Waals surface area contributed by atoms with E-state index in [9.17, 15) is 4.79 Å². The zero-order valence-electron chi connectivity index (χ0n) is 5.46. The van der Waals surface area contributed by atoms with Crippen LogP contribution < -0.4 is 29.6 Å². The molecule has 0 unspecified atom stereocenters. The predicted octanol–water partition coefficient (Wildman–Crippen LogP) is -2.07. The van der Waals surface area contributed by atoms with Crippen LogP contribution in [0.15, 0.2) is 0 Å². The Bertz CT molecular complexity index is 118. The number of ether oxygens (including phenoxy) is 2. The summed E-state index contributed by atoms with van der Waals surface area (Å²) in [5.41, 5.74) is -0.244. The number of hydrogen-bond acceptors (Lipinski definition) is 3. The number of carbonyl (C=O) groups excluding carboxylic acids is 1. The van der Waals surface area contributed by atoms with Crippen LogP contribution in [0.5, 0.6) is 0 Å². The van der Waals surface area contributed by atoms with E-state index in [1.165, 1.54) is 5.98 Å². The van der Waals surface area contributed by atoms with Gasteiger partial charge in [0.1, 0.15) is 0 Å². The second kappa shape index (κ2) is 4.48. The van der Waals surface area contributed by atoms with Crippen molar-refractivity contribution < 1.29 is 45.3 Å². The van der Waals surface area contributed by atoms with Crippen molar-refractivity contribution in [1.29, 1.82) is 0 Å². The van der Waals surface area contributed by atoms with Gasteiger partial charge in [0.25, 0.3) is 0 Å². The van der Waals surface area contributed by atoms with Gasteiger partial charge in [0.05, 0.1) is 5.98 Å². The van der Waals surface area contributed by atoms with Gasteiger partial charge in [0.2, 0.25) is 0 Å². The Kier molecular flexibility index (Phi) is 4.81. The van der Waals surface area contributed by atoms with Crippen LogP contribution in [0.2, 0.25) is 0 Å². The molecule has 40 valence electrons. The van der Waals surface area contributed by atoms with Gasteiger partial charge in [-0.25, -0.2) is 4.79 Å². The number of cyclic esters (lactones) is 1. The predicted molar refractivity (Wildman–Crippen MR) is 26.5 cm³/mol. The van der Waals surface area contributed by atoms with Crippen LogP contribution in [0.1, 0.15) is 1.43 Å². The maximum atomic E-state index is 10.1. The molecule has 1 aliphatic heterocycles. The van der Waals surface area contributed by atoms with Crippen molar-refractivity contribution >= 4 is 19.9 Å². The summed E-state index contributed by atoms with van der Waals surface area (Å²) in [6.07, 6.45) is 0. The number of hydrogen-bond donors (Lipinski definition) is 0. The first kappa shape index (κ1) is 8.60. The third kappa shape index (κ3) is 2.80. The van der Waals surface area contributed by atoms with Crippen LogP contribution >= 0.6 is 8.20 Å².